The molecule has 5 aromatic rings. The van der Waals surface area contributed by atoms with E-state index in [4.69, 9.17) is 23.0 Å². The summed E-state index contributed by atoms with van der Waals surface area (Å²) in [6.07, 6.45) is 2.21. The fourth-order valence-corrected chi connectivity index (χ4v) is 6.43. The number of carbonyl (C=O) groups excluding carboxylic acids is 4. The molecule has 1 aliphatic rings. The van der Waals surface area contributed by atoms with E-state index in [1.165, 1.54) is 13.4 Å². The first kappa shape index (κ1) is 38.3. The summed E-state index contributed by atoms with van der Waals surface area (Å²) >= 11 is 0. The Kier molecular flexibility index (Phi) is 12.6. The summed E-state index contributed by atoms with van der Waals surface area (Å²) in [7, 11) is 1.22. The lowest BCUT2D eigenvalue weighted by Gasteiger charge is -2.19. The molecule has 6 rings (SSSR count). The van der Waals surface area contributed by atoms with Gasteiger partial charge in [-0.15, -0.1) is 0 Å². The number of alkyl carbamates (subject to hydrolysis) is 2. The van der Waals surface area contributed by atoms with E-state index < -0.39 is 36.1 Å². The highest BCUT2D eigenvalue weighted by molar-refractivity contribution is 5.92. The number of nitrogens with zero attached hydrogens (tertiary/aromatic N) is 2. The van der Waals surface area contributed by atoms with Crippen LogP contribution in [0.25, 0.3) is 11.1 Å². The number of amides is 3. The highest BCUT2D eigenvalue weighted by Crippen LogP contribution is 2.44. The van der Waals surface area contributed by atoms with Crippen molar-refractivity contribution in [1.29, 1.82) is 0 Å². The van der Waals surface area contributed by atoms with Crippen molar-refractivity contribution >= 4 is 24.1 Å². The smallest absolute Gasteiger partial charge is 0.407 e. The largest absolute Gasteiger partial charge is 0.464 e. The van der Waals surface area contributed by atoms with Crippen molar-refractivity contribution in [3.63, 3.8) is 0 Å². The van der Waals surface area contributed by atoms with Gasteiger partial charge in [-0.25, -0.2) is 24.4 Å². The molecule has 2 heterocycles. The van der Waals surface area contributed by atoms with Crippen LogP contribution in [0.1, 0.15) is 101 Å². The number of fused-ring (bicyclic) bond motifs is 3. The maximum absolute atomic E-state index is 13.5. The maximum atomic E-state index is 13.5. The Morgan fingerprint density at radius 2 is 1.36 bits per heavy atom. The average Bonchev–Trinajstić information content (AvgIpc) is 3.96. The Bertz CT molecular complexity index is 2050. The van der Waals surface area contributed by atoms with Crippen LogP contribution in [0.4, 0.5) is 9.59 Å². The zero-order valence-electron chi connectivity index (χ0n) is 30.8. The highest BCUT2D eigenvalue weighted by Gasteiger charge is 2.31. The molecule has 3 aromatic carbocycles. The molecular formula is C41H43N5O9. The van der Waals surface area contributed by atoms with Gasteiger partial charge in [0.15, 0.2) is 11.4 Å². The van der Waals surface area contributed by atoms with Crippen LogP contribution >= 0.6 is 0 Å². The third-order valence-corrected chi connectivity index (χ3v) is 9.07. The molecule has 286 valence electrons. The Morgan fingerprint density at radius 1 is 0.745 bits per heavy atom. The lowest BCUT2D eigenvalue weighted by atomic mass is 9.98. The normalized spacial score (nSPS) is 12.9. The van der Waals surface area contributed by atoms with Crippen LogP contribution in [0.3, 0.4) is 0 Å². The van der Waals surface area contributed by atoms with Gasteiger partial charge < -0.3 is 39.0 Å². The molecule has 0 fully saturated rings. The summed E-state index contributed by atoms with van der Waals surface area (Å²) in [6.45, 7) is 4.46. The average molecular weight is 750 g/mol. The molecular weight excluding hydrogens is 706 g/mol. The van der Waals surface area contributed by atoms with Crippen molar-refractivity contribution in [1.82, 2.24) is 25.9 Å². The van der Waals surface area contributed by atoms with Crippen LogP contribution < -0.4 is 16.0 Å². The third kappa shape index (κ3) is 9.76. The molecule has 0 saturated heterocycles. The van der Waals surface area contributed by atoms with Crippen LogP contribution in [-0.2, 0) is 20.8 Å². The second-order valence-electron chi connectivity index (χ2n) is 13.4. The van der Waals surface area contributed by atoms with E-state index >= 15 is 0 Å². The van der Waals surface area contributed by atoms with E-state index in [9.17, 15) is 19.2 Å². The van der Waals surface area contributed by atoms with E-state index in [0.717, 1.165) is 34.1 Å². The zero-order valence-corrected chi connectivity index (χ0v) is 30.8. The molecule has 14 heteroatoms. The molecule has 0 aliphatic heterocycles. The Morgan fingerprint density at radius 3 is 2.04 bits per heavy atom. The fraction of sp³-hybridized carbons (Fsp3) is 0.317. The van der Waals surface area contributed by atoms with Gasteiger partial charge in [0.2, 0.25) is 11.8 Å². The molecule has 2 atom stereocenters. The minimum atomic E-state index is -0.821. The molecule has 0 saturated carbocycles. The molecule has 1 aliphatic carbocycles. The molecule has 14 nitrogen and oxygen atoms in total. The quantitative estimate of drug-likeness (QED) is 0.0524. The molecule has 2 aromatic heterocycles. The van der Waals surface area contributed by atoms with E-state index in [1.54, 1.807) is 0 Å². The predicted molar refractivity (Wildman–Crippen MR) is 199 cm³/mol. The SMILES string of the molecule is COC(=O)c1coc([C@H](CCCNC(=O)OCc2ccccc2)NC(=O)c2coc([C@H](CC(C)C)NC(=O)OCC3c4ccccc4-c4ccccc43)n2)n1. The van der Waals surface area contributed by atoms with Gasteiger partial charge in [-0.1, -0.05) is 92.7 Å². The topological polar surface area (TPSA) is 184 Å². The van der Waals surface area contributed by atoms with Crippen LogP contribution in [0.5, 0.6) is 0 Å². The number of aromatic nitrogens is 2. The molecule has 0 unspecified atom stereocenters. The number of hydrogen-bond donors (Lipinski definition) is 3. The van der Waals surface area contributed by atoms with Crippen molar-refractivity contribution in [3.8, 4) is 11.1 Å². The van der Waals surface area contributed by atoms with Gasteiger partial charge >= 0.3 is 18.2 Å². The number of hydrogen-bond acceptors (Lipinski definition) is 11. The molecule has 0 spiro atoms. The number of carbonyl (C=O) groups is 4. The third-order valence-electron chi connectivity index (χ3n) is 9.07. The number of oxazole rings is 2. The first-order valence-electron chi connectivity index (χ1n) is 18.1. The first-order chi connectivity index (χ1) is 26.7. The fourth-order valence-electron chi connectivity index (χ4n) is 6.43. The van der Waals surface area contributed by atoms with E-state index in [-0.39, 0.29) is 61.2 Å². The van der Waals surface area contributed by atoms with E-state index in [1.807, 2.05) is 80.6 Å². The second kappa shape index (κ2) is 18.1. The predicted octanol–water partition coefficient (Wildman–Crippen LogP) is 7.25. The first-order valence-corrected chi connectivity index (χ1v) is 18.1. The van der Waals surface area contributed by atoms with Gasteiger partial charge in [0.1, 0.15) is 37.8 Å². The van der Waals surface area contributed by atoms with Gasteiger partial charge in [-0.3, -0.25) is 4.79 Å². The zero-order chi connectivity index (χ0) is 38.7. The number of rotatable bonds is 16. The highest BCUT2D eigenvalue weighted by atomic mass is 16.6. The van der Waals surface area contributed by atoms with Crippen LogP contribution in [0.2, 0.25) is 0 Å². The van der Waals surface area contributed by atoms with Gasteiger partial charge in [-0.2, -0.15) is 0 Å². The number of benzene rings is 3. The Hall–Kier alpha value is -6.44. The lowest BCUT2D eigenvalue weighted by molar-refractivity contribution is 0.0593. The second-order valence-corrected chi connectivity index (χ2v) is 13.4. The Balaban J connectivity index is 1.07. The van der Waals surface area contributed by atoms with E-state index in [0.29, 0.717) is 12.8 Å². The molecule has 55 heavy (non-hydrogen) atoms. The molecule has 3 N–H and O–H groups in total. The van der Waals surface area contributed by atoms with Crippen LogP contribution in [0, 0.1) is 5.92 Å². The van der Waals surface area contributed by atoms with Crippen LogP contribution in [0.15, 0.2) is 100 Å². The lowest BCUT2D eigenvalue weighted by Crippen LogP contribution is -2.32. The van der Waals surface area contributed by atoms with Gasteiger partial charge in [0.05, 0.1) is 7.11 Å². The maximum Gasteiger partial charge on any atom is 0.407 e. The van der Waals surface area contributed by atoms with Gasteiger partial charge in [0.25, 0.3) is 5.91 Å². The summed E-state index contributed by atoms with van der Waals surface area (Å²) < 4.78 is 27.0. The van der Waals surface area contributed by atoms with Gasteiger partial charge in [-0.05, 0) is 53.0 Å². The molecule has 3 amide bonds. The standard InChI is InChI=1S/C41H43N5O9/c1-25(2)20-33(46-41(50)55-22-31-29-16-9-7-14-27(29)28-15-8-10-17-30(28)31)38-44-34(23-52-38)36(47)43-32(37-45-35(24-53-37)39(48)51-3)18-11-19-42-40(49)54-21-26-12-5-4-6-13-26/h4-10,12-17,23-25,31-33H,11,18-22H2,1-3H3,(H,42,49)(H,43,47)(H,46,50)/t32-,33-/m0/s1. The monoisotopic (exact) mass is 749 g/mol. The summed E-state index contributed by atoms with van der Waals surface area (Å²) in [4.78, 5) is 59.7. The van der Waals surface area contributed by atoms with Crippen molar-refractivity contribution in [2.75, 3.05) is 20.3 Å². The Labute approximate surface area is 318 Å². The minimum Gasteiger partial charge on any atom is -0.464 e. The summed E-state index contributed by atoms with van der Waals surface area (Å²) in [6, 6.07) is 24.0. The van der Waals surface area contributed by atoms with E-state index in [2.05, 4.69) is 38.1 Å². The molecule has 0 bridgehead atoms. The van der Waals surface area contributed by atoms with Crippen molar-refractivity contribution < 1.29 is 42.2 Å². The number of esters is 1. The van der Waals surface area contributed by atoms with Crippen LogP contribution in [-0.4, -0.2) is 54.3 Å². The summed E-state index contributed by atoms with van der Waals surface area (Å²) in [5.41, 5.74) is 5.18. The summed E-state index contributed by atoms with van der Waals surface area (Å²) in [5.74, 6) is -1.11. The minimum absolute atomic E-state index is 0.0505. The van der Waals surface area contributed by atoms with Gasteiger partial charge in [0, 0.05) is 12.5 Å². The summed E-state index contributed by atoms with van der Waals surface area (Å²) in [5, 5.41) is 8.39. The number of methoxy groups -OCH3 is 1. The molecule has 0 radical (unpaired) electrons. The number of ether oxygens (including phenoxy) is 3. The van der Waals surface area contributed by atoms with Crippen molar-refractivity contribution in [2.24, 2.45) is 5.92 Å². The van der Waals surface area contributed by atoms with Crippen molar-refractivity contribution in [3.05, 3.63) is 131 Å². The van der Waals surface area contributed by atoms with Crippen molar-refractivity contribution in [2.45, 2.75) is 57.7 Å². The number of nitrogens with one attached hydrogen (secondary N) is 3.